The van der Waals surface area contributed by atoms with E-state index < -0.39 is 21.7 Å². The quantitative estimate of drug-likeness (QED) is 0.802. The van der Waals surface area contributed by atoms with Crippen molar-refractivity contribution >= 4 is 21.6 Å². The highest BCUT2D eigenvalue weighted by Crippen LogP contribution is 2.17. The summed E-state index contributed by atoms with van der Waals surface area (Å²) in [6.07, 6.45) is 2.99. The Bertz CT molecular complexity index is 528. The van der Waals surface area contributed by atoms with Crippen LogP contribution in [0.3, 0.4) is 0 Å². The molecule has 1 aromatic heterocycles. The molecule has 0 amide bonds. The zero-order chi connectivity index (χ0) is 13.8. The van der Waals surface area contributed by atoms with Crippen molar-refractivity contribution in [1.29, 1.82) is 0 Å². The Morgan fingerprint density at radius 1 is 1.56 bits per heavy atom. The van der Waals surface area contributed by atoms with E-state index in [0.717, 1.165) is 6.26 Å². The van der Waals surface area contributed by atoms with Crippen molar-refractivity contribution in [2.24, 2.45) is 5.92 Å². The highest BCUT2D eigenvalue weighted by molar-refractivity contribution is 7.90. The van der Waals surface area contributed by atoms with E-state index >= 15 is 0 Å². The first-order chi connectivity index (χ1) is 8.32. The van der Waals surface area contributed by atoms with Gasteiger partial charge in [-0.25, -0.2) is 13.4 Å². The number of hydrogen-bond acceptors (Lipinski definition) is 5. The van der Waals surface area contributed by atoms with Gasteiger partial charge in [0.15, 0.2) is 9.84 Å². The molecule has 2 N–H and O–H groups in total. The smallest absolute Gasteiger partial charge is 0.306 e. The predicted molar refractivity (Wildman–Crippen MR) is 67.3 cm³/mol. The second-order valence-corrected chi connectivity index (χ2v) is 6.06. The minimum absolute atomic E-state index is 0.118. The molecule has 0 aliphatic heterocycles. The Kier molecular flexibility index (Phi) is 4.66. The molecule has 0 fully saturated rings. The van der Waals surface area contributed by atoms with E-state index in [9.17, 15) is 13.2 Å². The van der Waals surface area contributed by atoms with Crippen LogP contribution in [0.2, 0.25) is 0 Å². The van der Waals surface area contributed by atoms with Gasteiger partial charge in [-0.05, 0) is 18.6 Å². The van der Waals surface area contributed by atoms with Crippen LogP contribution in [0.15, 0.2) is 23.2 Å². The van der Waals surface area contributed by atoms with E-state index in [4.69, 9.17) is 5.11 Å². The molecule has 1 aromatic rings. The molecular weight excluding hydrogens is 256 g/mol. The van der Waals surface area contributed by atoms with Crippen molar-refractivity contribution in [1.82, 2.24) is 4.98 Å². The lowest BCUT2D eigenvalue weighted by molar-refractivity contribution is -0.141. The molecule has 1 heterocycles. The van der Waals surface area contributed by atoms with E-state index in [2.05, 4.69) is 10.3 Å². The van der Waals surface area contributed by atoms with Crippen LogP contribution in [-0.2, 0) is 14.6 Å². The summed E-state index contributed by atoms with van der Waals surface area (Å²) in [5.74, 6) is -1.10. The van der Waals surface area contributed by atoms with Gasteiger partial charge in [-0.3, -0.25) is 4.79 Å². The molecule has 100 valence electrons. The molecule has 0 aliphatic carbocycles. The maximum absolute atomic E-state index is 11.5. The van der Waals surface area contributed by atoms with Crippen LogP contribution < -0.4 is 5.32 Å². The molecule has 0 spiro atoms. The summed E-state index contributed by atoms with van der Waals surface area (Å²) in [7, 11) is -3.34. The standard InChI is InChI=1S/C11H16N2O4S/c1-8(11(14)15)5-7-13-10-9(18(2,16)17)4-3-6-12-10/h3-4,6,8H,5,7H2,1-2H3,(H,12,13)(H,14,15). The van der Waals surface area contributed by atoms with Crippen molar-refractivity contribution in [3.63, 3.8) is 0 Å². The number of anilines is 1. The maximum atomic E-state index is 11.5. The molecule has 1 rings (SSSR count). The number of nitrogens with one attached hydrogen (secondary N) is 1. The number of rotatable bonds is 6. The predicted octanol–water partition coefficient (Wildman–Crippen LogP) is 1.01. The van der Waals surface area contributed by atoms with Crippen LogP contribution in [0.5, 0.6) is 0 Å². The van der Waals surface area contributed by atoms with Crippen LogP contribution in [0.25, 0.3) is 0 Å². The van der Waals surface area contributed by atoms with Gasteiger partial charge in [0.1, 0.15) is 10.7 Å². The maximum Gasteiger partial charge on any atom is 0.306 e. The third-order valence-electron chi connectivity index (χ3n) is 2.46. The molecule has 1 atom stereocenters. The minimum atomic E-state index is -3.34. The number of aliphatic carboxylic acids is 1. The summed E-state index contributed by atoms with van der Waals surface area (Å²) in [5, 5.41) is 11.6. The first-order valence-corrected chi connectivity index (χ1v) is 7.33. The molecule has 0 bridgehead atoms. The topological polar surface area (TPSA) is 96.4 Å². The van der Waals surface area contributed by atoms with Crippen molar-refractivity contribution in [3.8, 4) is 0 Å². The molecule has 18 heavy (non-hydrogen) atoms. The lowest BCUT2D eigenvalue weighted by Gasteiger charge is -2.10. The highest BCUT2D eigenvalue weighted by Gasteiger charge is 2.15. The largest absolute Gasteiger partial charge is 0.481 e. The summed E-state index contributed by atoms with van der Waals surface area (Å²) >= 11 is 0. The Morgan fingerprint density at radius 2 is 2.22 bits per heavy atom. The summed E-state index contributed by atoms with van der Waals surface area (Å²) < 4.78 is 23.0. The number of carboxylic acids is 1. The van der Waals surface area contributed by atoms with Gasteiger partial charge in [0, 0.05) is 19.0 Å². The Morgan fingerprint density at radius 3 is 2.78 bits per heavy atom. The van der Waals surface area contributed by atoms with Crippen molar-refractivity contribution < 1.29 is 18.3 Å². The summed E-state index contributed by atoms with van der Waals surface area (Å²) in [4.78, 5) is 14.7. The van der Waals surface area contributed by atoms with Crippen molar-refractivity contribution in [3.05, 3.63) is 18.3 Å². The number of carbonyl (C=O) groups is 1. The highest BCUT2D eigenvalue weighted by atomic mass is 32.2. The van der Waals surface area contributed by atoms with Gasteiger partial charge in [-0.1, -0.05) is 6.92 Å². The van der Waals surface area contributed by atoms with Gasteiger partial charge in [0.05, 0.1) is 5.92 Å². The fourth-order valence-electron chi connectivity index (χ4n) is 1.35. The third kappa shape index (κ3) is 3.99. The Hall–Kier alpha value is -1.63. The summed E-state index contributed by atoms with van der Waals surface area (Å²) in [6.45, 7) is 1.95. The van der Waals surface area contributed by atoms with Gasteiger partial charge in [0.25, 0.3) is 0 Å². The van der Waals surface area contributed by atoms with Crippen LogP contribution in [0, 0.1) is 5.92 Å². The number of hydrogen-bond donors (Lipinski definition) is 2. The normalized spacial score (nSPS) is 13.0. The van der Waals surface area contributed by atoms with Gasteiger partial charge in [-0.2, -0.15) is 0 Å². The molecular formula is C11H16N2O4S. The van der Waals surface area contributed by atoms with E-state index in [1.807, 2.05) is 0 Å². The molecule has 6 nitrogen and oxygen atoms in total. The molecule has 0 aliphatic rings. The third-order valence-corrected chi connectivity index (χ3v) is 3.59. The van der Waals surface area contributed by atoms with Crippen LogP contribution in [0.4, 0.5) is 5.82 Å². The van der Waals surface area contributed by atoms with Crippen molar-refractivity contribution in [2.75, 3.05) is 18.1 Å². The average Bonchev–Trinajstić information content (AvgIpc) is 2.28. The molecule has 7 heteroatoms. The fraction of sp³-hybridized carbons (Fsp3) is 0.455. The Balaban J connectivity index is 2.72. The summed E-state index contributed by atoms with van der Waals surface area (Å²) in [5.41, 5.74) is 0. The van der Waals surface area contributed by atoms with Crippen LogP contribution in [-0.4, -0.2) is 37.3 Å². The molecule has 0 radical (unpaired) electrons. The van der Waals surface area contributed by atoms with Gasteiger partial charge in [-0.15, -0.1) is 0 Å². The first kappa shape index (κ1) is 14.4. The SMILES string of the molecule is CC(CCNc1ncccc1S(C)(=O)=O)C(=O)O. The summed E-state index contributed by atoms with van der Waals surface area (Å²) in [6, 6.07) is 3.01. The second-order valence-electron chi connectivity index (χ2n) is 4.08. The monoisotopic (exact) mass is 272 g/mol. The number of nitrogens with zero attached hydrogens (tertiary/aromatic N) is 1. The number of sulfone groups is 1. The zero-order valence-corrected chi connectivity index (χ0v) is 11.1. The van der Waals surface area contributed by atoms with E-state index in [0.29, 0.717) is 13.0 Å². The van der Waals surface area contributed by atoms with Crippen molar-refractivity contribution in [2.45, 2.75) is 18.2 Å². The average molecular weight is 272 g/mol. The molecule has 0 saturated carbocycles. The first-order valence-electron chi connectivity index (χ1n) is 5.44. The second kappa shape index (κ2) is 5.81. The number of pyridine rings is 1. The zero-order valence-electron chi connectivity index (χ0n) is 10.3. The van der Waals surface area contributed by atoms with E-state index in [1.165, 1.54) is 12.3 Å². The van der Waals surface area contributed by atoms with Gasteiger partial charge in [0.2, 0.25) is 0 Å². The van der Waals surface area contributed by atoms with Crippen LogP contribution in [0.1, 0.15) is 13.3 Å². The molecule has 1 unspecified atom stereocenters. The lowest BCUT2D eigenvalue weighted by atomic mass is 10.1. The van der Waals surface area contributed by atoms with Crippen LogP contribution >= 0.6 is 0 Å². The van der Waals surface area contributed by atoms with E-state index in [1.54, 1.807) is 13.0 Å². The van der Waals surface area contributed by atoms with E-state index in [-0.39, 0.29) is 10.7 Å². The molecule has 0 saturated heterocycles. The lowest BCUT2D eigenvalue weighted by Crippen LogP contribution is -2.16. The van der Waals surface area contributed by atoms with Gasteiger partial charge < -0.3 is 10.4 Å². The number of carboxylic acid groups (broad SMARTS) is 1. The van der Waals surface area contributed by atoms with Gasteiger partial charge >= 0.3 is 5.97 Å². The minimum Gasteiger partial charge on any atom is -0.481 e. The fourth-order valence-corrected chi connectivity index (χ4v) is 2.15. The Labute approximate surface area is 106 Å². The molecule has 0 aromatic carbocycles. The number of aromatic nitrogens is 1.